The van der Waals surface area contributed by atoms with Crippen molar-refractivity contribution >= 4 is 7.12 Å². The molecule has 19 heavy (non-hydrogen) atoms. The van der Waals surface area contributed by atoms with Crippen LogP contribution in [0.3, 0.4) is 0 Å². The van der Waals surface area contributed by atoms with Crippen LogP contribution in [0.5, 0.6) is 0 Å². The Balaban J connectivity index is 2.24. The van der Waals surface area contributed by atoms with E-state index in [4.69, 9.17) is 0 Å². The third-order valence-electron chi connectivity index (χ3n) is 2.98. The first-order valence-electron chi connectivity index (χ1n) is 6.41. The fourth-order valence-corrected chi connectivity index (χ4v) is 2.03. The Morgan fingerprint density at radius 3 is 2.47 bits per heavy atom. The molecule has 0 aliphatic rings. The van der Waals surface area contributed by atoms with Crippen LogP contribution in [-0.4, -0.2) is 32.2 Å². The van der Waals surface area contributed by atoms with Crippen molar-refractivity contribution in [2.75, 3.05) is 0 Å². The molecule has 1 atom stereocenters. The van der Waals surface area contributed by atoms with Gasteiger partial charge in [-0.3, -0.25) is 4.68 Å². The average molecular weight is 259 g/mol. The molecule has 5 nitrogen and oxygen atoms in total. The van der Waals surface area contributed by atoms with E-state index in [0.717, 1.165) is 11.3 Å². The summed E-state index contributed by atoms with van der Waals surface area (Å²) in [7, 11) is -1.44. The zero-order valence-electron chi connectivity index (χ0n) is 11.1. The molecular weight excluding hydrogens is 241 g/mol. The summed E-state index contributed by atoms with van der Waals surface area (Å²) in [6, 6.07) is 9.69. The van der Waals surface area contributed by atoms with E-state index < -0.39 is 13.1 Å². The molecule has 2 N–H and O–H groups in total. The Morgan fingerprint density at radius 2 is 1.89 bits per heavy atom. The van der Waals surface area contributed by atoms with Gasteiger partial charge in [0, 0.05) is 5.56 Å². The van der Waals surface area contributed by atoms with Gasteiger partial charge in [-0.05, 0) is 12.3 Å². The Labute approximate surface area is 113 Å². The van der Waals surface area contributed by atoms with Gasteiger partial charge in [0.15, 0.2) is 0 Å². The normalized spacial score (nSPS) is 12.7. The molecule has 0 saturated carbocycles. The monoisotopic (exact) mass is 259 g/mol. The van der Waals surface area contributed by atoms with Crippen LogP contribution < -0.4 is 0 Å². The smallest absolute Gasteiger partial charge is 0.426 e. The number of hydrogen-bond acceptors (Lipinski definition) is 4. The minimum Gasteiger partial charge on any atom is -0.426 e. The van der Waals surface area contributed by atoms with Gasteiger partial charge in [0.2, 0.25) is 0 Å². The van der Waals surface area contributed by atoms with Gasteiger partial charge in [0.1, 0.15) is 5.69 Å². The second-order valence-electron chi connectivity index (χ2n) is 5.06. The maximum atomic E-state index is 9.46. The van der Waals surface area contributed by atoms with Gasteiger partial charge >= 0.3 is 7.12 Å². The lowest BCUT2D eigenvalue weighted by molar-refractivity contribution is 0.324. The highest BCUT2D eigenvalue weighted by atomic mass is 16.4. The standard InChI is InChI=1S/C13H18BN3O2/c1-10(2)8-13(14(18)19)17-9-12(15-16-17)11-6-4-3-5-7-11/h3-7,9-10,13,18-19H,8H2,1-2H3/t13-/m0/s1. The fraction of sp³-hybridized carbons (Fsp3) is 0.385. The summed E-state index contributed by atoms with van der Waals surface area (Å²) < 4.78 is 1.53. The summed E-state index contributed by atoms with van der Waals surface area (Å²) in [6.45, 7) is 4.06. The molecule has 1 heterocycles. The lowest BCUT2D eigenvalue weighted by atomic mass is 9.75. The van der Waals surface area contributed by atoms with Crippen molar-refractivity contribution in [2.24, 2.45) is 5.92 Å². The summed E-state index contributed by atoms with van der Waals surface area (Å²) in [4.78, 5) is 0. The molecule has 0 unspecified atom stereocenters. The van der Waals surface area contributed by atoms with Gasteiger partial charge in [0.25, 0.3) is 0 Å². The third kappa shape index (κ3) is 3.42. The molecule has 0 radical (unpaired) electrons. The first-order chi connectivity index (χ1) is 9.08. The maximum Gasteiger partial charge on any atom is 0.477 e. The minimum atomic E-state index is -1.44. The third-order valence-corrected chi connectivity index (χ3v) is 2.98. The number of benzene rings is 1. The molecule has 0 spiro atoms. The molecule has 0 amide bonds. The van der Waals surface area contributed by atoms with Gasteiger partial charge in [-0.2, -0.15) is 0 Å². The molecule has 0 saturated heterocycles. The highest BCUT2D eigenvalue weighted by Gasteiger charge is 2.27. The maximum absolute atomic E-state index is 9.46. The Bertz CT molecular complexity index is 514. The molecule has 0 fully saturated rings. The highest BCUT2D eigenvalue weighted by Crippen LogP contribution is 2.21. The molecule has 2 aromatic rings. The Morgan fingerprint density at radius 1 is 1.21 bits per heavy atom. The second kappa shape index (κ2) is 5.99. The summed E-state index contributed by atoms with van der Waals surface area (Å²) >= 11 is 0. The molecule has 0 bridgehead atoms. The predicted molar refractivity (Wildman–Crippen MR) is 74.1 cm³/mol. The van der Waals surface area contributed by atoms with Gasteiger partial charge in [-0.25, -0.2) is 0 Å². The molecule has 1 aromatic carbocycles. The van der Waals surface area contributed by atoms with E-state index in [2.05, 4.69) is 10.3 Å². The van der Waals surface area contributed by atoms with Crippen molar-refractivity contribution in [1.82, 2.24) is 15.0 Å². The van der Waals surface area contributed by atoms with Gasteiger partial charge < -0.3 is 10.0 Å². The first kappa shape index (κ1) is 13.8. The number of nitrogens with zero attached hydrogens (tertiary/aromatic N) is 3. The van der Waals surface area contributed by atoms with Crippen LogP contribution in [0.4, 0.5) is 0 Å². The van der Waals surface area contributed by atoms with Crippen LogP contribution in [0, 0.1) is 5.92 Å². The number of aromatic nitrogens is 3. The van der Waals surface area contributed by atoms with E-state index >= 15 is 0 Å². The van der Waals surface area contributed by atoms with Crippen molar-refractivity contribution in [3.05, 3.63) is 36.5 Å². The fourth-order valence-electron chi connectivity index (χ4n) is 2.03. The van der Waals surface area contributed by atoms with Crippen LogP contribution in [0.15, 0.2) is 36.5 Å². The zero-order valence-corrected chi connectivity index (χ0v) is 11.1. The van der Waals surface area contributed by atoms with E-state index in [1.807, 2.05) is 44.2 Å². The van der Waals surface area contributed by atoms with Crippen LogP contribution in [-0.2, 0) is 0 Å². The first-order valence-corrected chi connectivity index (χ1v) is 6.41. The summed E-state index contributed by atoms with van der Waals surface area (Å²) in [5, 5.41) is 27.0. The lowest BCUT2D eigenvalue weighted by Gasteiger charge is -2.17. The van der Waals surface area contributed by atoms with E-state index in [-0.39, 0.29) is 0 Å². The summed E-state index contributed by atoms with van der Waals surface area (Å²) in [6.07, 6.45) is 2.39. The molecule has 0 aliphatic carbocycles. The van der Waals surface area contributed by atoms with Gasteiger partial charge in [-0.1, -0.05) is 49.4 Å². The highest BCUT2D eigenvalue weighted by molar-refractivity contribution is 6.42. The molecule has 2 rings (SSSR count). The molecular formula is C13H18BN3O2. The molecule has 0 aliphatic heterocycles. The van der Waals surface area contributed by atoms with Crippen LogP contribution >= 0.6 is 0 Å². The van der Waals surface area contributed by atoms with Crippen molar-refractivity contribution in [3.63, 3.8) is 0 Å². The SMILES string of the molecule is CC(C)C[C@@H](B(O)O)n1cc(-c2ccccc2)nn1. The van der Waals surface area contributed by atoms with E-state index in [0.29, 0.717) is 12.3 Å². The Hall–Kier alpha value is -1.66. The Kier molecular flexibility index (Phi) is 4.34. The largest absolute Gasteiger partial charge is 0.477 e. The topological polar surface area (TPSA) is 71.2 Å². The molecule has 100 valence electrons. The van der Waals surface area contributed by atoms with Crippen LogP contribution in [0.2, 0.25) is 0 Å². The number of rotatable bonds is 5. The van der Waals surface area contributed by atoms with Crippen molar-refractivity contribution in [3.8, 4) is 11.3 Å². The molecule has 1 aromatic heterocycles. The predicted octanol–water partition coefficient (Wildman–Crippen LogP) is 1.54. The van der Waals surface area contributed by atoms with Crippen LogP contribution in [0.1, 0.15) is 26.2 Å². The van der Waals surface area contributed by atoms with Gasteiger partial charge in [-0.15, -0.1) is 5.10 Å². The van der Waals surface area contributed by atoms with E-state index in [1.165, 1.54) is 4.68 Å². The second-order valence-corrected chi connectivity index (χ2v) is 5.06. The minimum absolute atomic E-state index is 0.344. The quantitative estimate of drug-likeness (QED) is 0.799. The van der Waals surface area contributed by atoms with Crippen molar-refractivity contribution in [1.29, 1.82) is 0 Å². The van der Waals surface area contributed by atoms with Crippen molar-refractivity contribution < 1.29 is 10.0 Å². The number of hydrogen-bond donors (Lipinski definition) is 2. The van der Waals surface area contributed by atoms with Crippen molar-refractivity contribution in [2.45, 2.75) is 26.2 Å². The molecule has 6 heteroatoms. The lowest BCUT2D eigenvalue weighted by Crippen LogP contribution is -2.30. The summed E-state index contributed by atoms with van der Waals surface area (Å²) in [5.74, 6) is -0.124. The zero-order chi connectivity index (χ0) is 13.8. The average Bonchev–Trinajstić information content (AvgIpc) is 2.86. The van der Waals surface area contributed by atoms with Gasteiger partial charge in [0.05, 0.1) is 12.1 Å². The van der Waals surface area contributed by atoms with Crippen LogP contribution in [0.25, 0.3) is 11.3 Å². The van der Waals surface area contributed by atoms with E-state index in [1.54, 1.807) is 6.20 Å². The summed E-state index contributed by atoms with van der Waals surface area (Å²) in [5.41, 5.74) is 1.69. The van der Waals surface area contributed by atoms with E-state index in [9.17, 15) is 10.0 Å².